The SMILES string of the molecule is Cc1cn[nH]c1C(=O)NCCCN. The van der Waals surface area contributed by atoms with Crippen LogP contribution in [0.2, 0.25) is 0 Å². The van der Waals surface area contributed by atoms with Crippen LogP contribution in [-0.2, 0) is 0 Å². The molecule has 5 nitrogen and oxygen atoms in total. The minimum Gasteiger partial charge on any atom is -0.351 e. The van der Waals surface area contributed by atoms with Crippen molar-refractivity contribution in [3.05, 3.63) is 17.5 Å². The van der Waals surface area contributed by atoms with E-state index in [1.165, 1.54) is 0 Å². The molecule has 1 rings (SSSR count). The van der Waals surface area contributed by atoms with Crippen LogP contribution < -0.4 is 11.1 Å². The summed E-state index contributed by atoms with van der Waals surface area (Å²) in [6.45, 7) is 3.03. The molecule has 1 heterocycles. The summed E-state index contributed by atoms with van der Waals surface area (Å²) in [6.07, 6.45) is 2.41. The van der Waals surface area contributed by atoms with Crippen LogP contribution in [0.4, 0.5) is 0 Å². The fourth-order valence-corrected chi connectivity index (χ4v) is 0.969. The van der Waals surface area contributed by atoms with Crippen molar-refractivity contribution in [1.82, 2.24) is 15.5 Å². The Bertz CT molecular complexity index is 281. The summed E-state index contributed by atoms with van der Waals surface area (Å²) in [7, 11) is 0. The molecular weight excluding hydrogens is 168 g/mol. The molecule has 0 bridgehead atoms. The largest absolute Gasteiger partial charge is 0.351 e. The smallest absolute Gasteiger partial charge is 0.269 e. The third kappa shape index (κ3) is 2.55. The number of hydrogen-bond acceptors (Lipinski definition) is 3. The zero-order valence-electron chi connectivity index (χ0n) is 7.63. The molecule has 0 fully saturated rings. The Morgan fingerprint density at radius 1 is 1.77 bits per heavy atom. The van der Waals surface area contributed by atoms with Crippen molar-refractivity contribution < 1.29 is 4.79 Å². The van der Waals surface area contributed by atoms with Gasteiger partial charge in [0, 0.05) is 6.54 Å². The number of nitrogens with zero attached hydrogens (tertiary/aromatic N) is 1. The number of nitrogens with one attached hydrogen (secondary N) is 2. The van der Waals surface area contributed by atoms with Gasteiger partial charge >= 0.3 is 0 Å². The van der Waals surface area contributed by atoms with Gasteiger partial charge in [0.25, 0.3) is 5.91 Å². The van der Waals surface area contributed by atoms with Crippen molar-refractivity contribution in [3.63, 3.8) is 0 Å². The Balaban J connectivity index is 2.45. The van der Waals surface area contributed by atoms with Gasteiger partial charge in [-0.2, -0.15) is 5.10 Å². The second-order valence-corrected chi connectivity index (χ2v) is 2.83. The normalized spacial score (nSPS) is 10.0. The number of aromatic amines is 1. The number of aryl methyl sites for hydroxylation is 1. The van der Waals surface area contributed by atoms with E-state index in [1.807, 2.05) is 6.92 Å². The lowest BCUT2D eigenvalue weighted by Gasteiger charge is -2.02. The number of rotatable bonds is 4. The molecule has 4 N–H and O–H groups in total. The van der Waals surface area contributed by atoms with Gasteiger partial charge in [0.1, 0.15) is 5.69 Å². The maximum absolute atomic E-state index is 11.4. The summed E-state index contributed by atoms with van der Waals surface area (Å²) in [5.74, 6) is -0.122. The monoisotopic (exact) mass is 182 g/mol. The maximum Gasteiger partial charge on any atom is 0.269 e. The zero-order chi connectivity index (χ0) is 9.68. The summed E-state index contributed by atoms with van der Waals surface area (Å²) >= 11 is 0. The molecule has 1 aromatic rings. The van der Waals surface area contributed by atoms with E-state index in [0.29, 0.717) is 18.8 Å². The van der Waals surface area contributed by atoms with Gasteiger partial charge in [-0.25, -0.2) is 0 Å². The van der Waals surface area contributed by atoms with Gasteiger partial charge < -0.3 is 11.1 Å². The molecule has 0 aliphatic rings. The summed E-state index contributed by atoms with van der Waals surface area (Å²) in [5.41, 5.74) is 6.67. The van der Waals surface area contributed by atoms with Gasteiger partial charge in [-0.15, -0.1) is 0 Å². The first-order valence-electron chi connectivity index (χ1n) is 4.24. The molecule has 0 aliphatic carbocycles. The van der Waals surface area contributed by atoms with Crippen LogP contribution in [0.1, 0.15) is 22.5 Å². The van der Waals surface area contributed by atoms with Crippen molar-refractivity contribution in [3.8, 4) is 0 Å². The average Bonchev–Trinajstić information content (AvgIpc) is 2.52. The van der Waals surface area contributed by atoms with Gasteiger partial charge in [0.2, 0.25) is 0 Å². The lowest BCUT2D eigenvalue weighted by molar-refractivity contribution is 0.0948. The Morgan fingerprint density at radius 2 is 2.54 bits per heavy atom. The lowest BCUT2D eigenvalue weighted by Crippen LogP contribution is -2.26. The van der Waals surface area contributed by atoms with E-state index >= 15 is 0 Å². The van der Waals surface area contributed by atoms with E-state index in [0.717, 1.165) is 12.0 Å². The molecule has 1 aromatic heterocycles. The highest BCUT2D eigenvalue weighted by Crippen LogP contribution is 2.00. The maximum atomic E-state index is 11.4. The topological polar surface area (TPSA) is 83.8 Å². The van der Waals surface area contributed by atoms with Crippen molar-refractivity contribution in [2.75, 3.05) is 13.1 Å². The molecular formula is C8H14N4O. The van der Waals surface area contributed by atoms with E-state index in [4.69, 9.17) is 5.73 Å². The Morgan fingerprint density at radius 3 is 3.08 bits per heavy atom. The predicted molar refractivity (Wildman–Crippen MR) is 49.3 cm³/mol. The van der Waals surface area contributed by atoms with Crippen molar-refractivity contribution >= 4 is 5.91 Å². The molecule has 0 spiro atoms. The molecule has 5 heteroatoms. The first-order valence-corrected chi connectivity index (χ1v) is 4.24. The van der Waals surface area contributed by atoms with Crippen LogP contribution in [-0.4, -0.2) is 29.2 Å². The molecule has 1 amide bonds. The average molecular weight is 182 g/mol. The summed E-state index contributed by atoms with van der Waals surface area (Å²) < 4.78 is 0. The lowest BCUT2D eigenvalue weighted by atomic mass is 10.2. The number of carbonyl (C=O) groups excluding carboxylic acids is 1. The first-order chi connectivity index (χ1) is 6.25. The van der Waals surface area contributed by atoms with Crippen molar-refractivity contribution in [2.45, 2.75) is 13.3 Å². The number of aromatic nitrogens is 2. The van der Waals surface area contributed by atoms with Gasteiger partial charge in [-0.05, 0) is 25.5 Å². The zero-order valence-corrected chi connectivity index (χ0v) is 7.63. The second-order valence-electron chi connectivity index (χ2n) is 2.83. The van der Waals surface area contributed by atoms with Crippen molar-refractivity contribution in [1.29, 1.82) is 0 Å². The third-order valence-electron chi connectivity index (χ3n) is 1.72. The van der Waals surface area contributed by atoms with Crippen LogP contribution in [0.15, 0.2) is 6.20 Å². The standard InChI is InChI=1S/C8H14N4O/c1-6-5-11-12-7(6)8(13)10-4-2-3-9/h5H,2-4,9H2,1H3,(H,10,13)(H,11,12). The van der Waals surface area contributed by atoms with E-state index in [1.54, 1.807) is 6.20 Å². The number of nitrogens with two attached hydrogens (primary N) is 1. The molecule has 0 aromatic carbocycles. The molecule has 72 valence electrons. The number of carbonyl (C=O) groups is 1. The molecule has 0 unspecified atom stereocenters. The highest BCUT2D eigenvalue weighted by atomic mass is 16.1. The third-order valence-corrected chi connectivity index (χ3v) is 1.72. The molecule has 0 radical (unpaired) electrons. The highest BCUT2D eigenvalue weighted by molar-refractivity contribution is 5.93. The van der Waals surface area contributed by atoms with Crippen LogP contribution in [0, 0.1) is 6.92 Å². The number of H-pyrrole nitrogens is 1. The van der Waals surface area contributed by atoms with Crippen LogP contribution in [0.5, 0.6) is 0 Å². The number of amides is 1. The molecule has 0 atom stereocenters. The first kappa shape index (κ1) is 9.73. The minimum atomic E-state index is -0.122. The van der Waals surface area contributed by atoms with Crippen LogP contribution in [0.3, 0.4) is 0 Å². The highest BCUT2D eigenvalue weighted by Gasteiger charge is 2.08. The van der Waals surface area contributed by atoms with E-state index < -0.39 is 0 Å². The second kappa shape index (κ2) is 4.61. The van der Waals surface area contributed by atoms with Gasteiger partial charge in [-0.1, -0.05) is 0 Å². The Hall–Kier alpha value is -1.36. The molecule has 0 saturated heterocycles. The Kier molecular flexibility index (Phi) is 3.45. The summed E-state index contributed by atoms with van der Waals surface area (Å²) in [4.78, 5) is 11.4. The van der Waals surface area contributed by atoms with Gasteiger partial charge in [0.05, 0.1) is 6.20 Å². The van der Waals surface area contributed by atoms with Gasteiger partial charge in [0.15, 0.2) is 0 Å². The molecule has 13 heavy (non-hydrogen) atoms. The minimum absolute atomic E-state index is 0.122. The summed E-state index contributed by atoms with van der Waals surface area (Å²) in [6, 6.07) is 0. The quantitative estimate of drug-likeness (QED) is 0.564. The molecule has 0 aliphatic heterocycles. The fourth-order valence-electron chi connectivity index (χ4n) is 0.969. The summed E-state index contributed by atoms with van der Waals surface area (Å²) in [5, 5.41) is 9.14. The fraction of sp³-hybridized carbons (Fsp3) is 0.500. The predicted octanol–water partition coefficient (Wildman–Crippen LogP) is -0.203. The van der Waals surface area contributed by atoms with Gasteiger partial charge in [-0.3, -0.25) is 9.89 Å². The van der Waals surface area contributed by atoms with Crippen LogP contribution in [0.25, 0.3) is 0 Å². The van der Waals surface area contributed by atoms with Crippen molar-refractivity contribution in [2.24, 2.45) is 5.73 Å². The number of hydrogen-bond donors (Lipinski definition) is 3. The van der Waals surface area contributed by atoms with Crippen LogP contribution >= 0.6 is 0 Å². The van der Waals surface area contributed by atoms with E-state index in [-0.39, 0.29) is 5.91 Å². The van der Waals surface area contributed by atoms with E-state index in [2.05, 4.69) is 15.5 Å². The Labute approximate surface area is 76.7 Å². The molecule has 0 saturated carbocycles. The van der Waals surface area contributed by atoms with E-state index in [9.17, 15) is 4.79 Å².